The monoisotopic (exact) mass is 253 g/mol. The van der Waals surface area contributed by atoms with Crippen LogP contribution in [0.4, 0.5) is 5.69 Å². The van der Waals surface area contributed by atoms with E-state index in [-0.39, 0.29) is 7.43 Å². The number of nitrogens with two attached hydrogens (primary N) is 1. The van der Waals surface area contributed by atoms with E-state index in [1.165, 1.54) is 0 Å². The van der Waals surface area contributed by atoms with E-state index in [1.54, 1.807) is 6.07 Å². The summed E-state index contributed by atoms with van der Waals surface area (Å²) in [5.74, 6) is 0. The van der Waals surface area contributed by atoms with Gasteiger partial charge in [-0.1, -0.05) is 54.9 Å². The molecule has 2 N–H and O–H groups in total. The van der Waals surface area contributed by atoms with Crippen molar-refractivity contribution in [2.45, 2.75) is 7.43 Å². The van der Waals surface area contributed by atoms with Crippen LogP contribution in [0.1, 0.15) is 7.43 Å². The molecular weight excluding hydrogens is 241 g/mol. The zero-order valence-corrected chi connectivity index (χ0v) is 9.39. The Balaban J connectivity index is 0.00000128. The molecule has 1 nitrogen and oxygen atoms in total. The Labute approximate surface area is 106 Å². The Kier molecular flexibility index (Phi) is 4.22. The summed E-state index contributed by atoms with van der Waals surface area (Å²) in [5, 5.41) is 1.13. The van der Waals surface area contributed by atoms with Crippen molar-refractivity contribution in [2.24, 2.45) is 0 Å². The van der Waals surface area contributed by atoms with E-state index in [9.17, 15) is 0 Å². The molecule has 2 aromatic rings. The molecular formula is C13H13Cl2N. The summed E-state index contributed by atoms with van der Waals surface area (Å²) in [6.07, 6.45) is 0. The molecule has 0 aliphatic heterocycles. The highest BCUT2D eigenvalue weighted by Crippen LogP contribution is 2.33. The third-order valence-corrected chi connectivity index (χ3v) is 2.99. The van der Waals surface area contributed by atoms with Crippen LogP contribution < -0.4 is 5.73 Å². The number of halogens is 2. The predicted molar refractivity (Wildman–Crippen MR) is 73.0 cm³/mol. The van der Waals surface area contributed by atoms with Crippen LogP contribution in [0.15, 0.2) is 42.5 Å². The minimum atomic E-state index is 0. The number of nitrogen functional groups attached to an aromatic ring is 1. The Morgan fingerprint density at radius 2 is 1.50 bits per heavy atom. The molecule has 0 radical (unpaired) electrons. The van der Waals surface area contributed by atoms with E-state index >= 15 is 0 Å². The Bertz CT molecular complexity index is 478. The third kappa shape index (κ3) is 2.49. The van der Waals surface area contributed by atoms with Gasteiger partial charge in [0, 0.05) is 11.3 Å². The summed E-state index contributed by atoms with van der Waals surface area (Å²) in [6, 6.07) is 13.1. The maximum atomic E-state index is 6.10. The Hall–Kier alpha value is -1.18. The number of anilines is 1. The molecule has 2 aromatic carbocycles. The highest BCUT2D eigenvalue weighted by Gasteiger charge is 2.05. The molecule has 0 aliphatic rings. The second-order valence-electron chi connectivity index (χ2n) is 3.22. The first-order valence-electron chi connectivity index (χ1n) is 4.48. The molecule has 0 saturated heterocycles. The van der Waals surface area contributed by atoms with Gasteiger partial charge in [0.15, 0.2) is 0 Å². The lowest BCUT2D eigenvalue weighted by molar-refractivity contribution is 1.61. The first-order valence-corrected chi connectivity index (χ1v) is 5.24. The molecule has 0 unspecified atom stereocenters. The zero-order valence-electron chi connectivity index (χ0n) is 7.87. The van der Waals surface area contributed by atoms with Gasteiger partial charge in [-0.2, -0.15) is 0 Å². The fraction of sp³-hybridized carbons (Fsp3) is 0.0769. The van der Waals surface area contributed by atoms with Crippen LogP contribution in [0.2, 0.25) is 10.0 Å². The minimum absolute atomic E-state index is 0. The highest BCUT2D eigenvalue weighted by molar-refractivity contribution is 6.43. The fourth-order valence-electron chi connectivity index (χ4n) is 1.39. The second-order valence-corrected chi connectivity index (χ2v) is 4.01. The summed E-state index contributed by atoms with van der Waals surface area (Å²) in [4.78, 5) is 0. The van der Waals surface area contributed by atoms with Gasteiger partial charge in [0.1, 0.15) is 0 Å². The van der Waals surface area contributed by atoms with Crippen LogP contribution in [-0.4, -0.2) is 0 Å². The molecule has 0 spiro atoms. The van der Waals surface area contributed by atoms with Crippen molar-refractivity contribution < 1.29 is 0 Å². The molecule has 16 heavy (non-hydrogen) atoms. The molecule has 0 aliphatic carbocycles. The lowest BCUT2D eigenvalue weighted by atomic mass is 10.1. The van der Waals surface area contributed by atoms with Crippen LogP contribution in [0, 0.1) is 0 Å². The maximum Gasteiger partial charge on any atom is 0.0670 e. The Morgan fingerprint density at radius 1 is 0.875 bits per heavy atom. The van der Waals surface area contributed by atoms with Crippen molar-refractivity contribution >= 4 is 28.9 Å². The van der Waals surface area contributed by atoms with Crippen molar-refractivity contribution in [1.82, 2.24) is 0 Å². The summed E-state index contributed by atoms with van der Waals surface area (Å²) in [6.45, 7) is 0. The smallest absolute Gasteiger partial charge is 0.0670 e. The summed E-state index contributed by atoms with van der Waals surface area (Å²) in [7, 11) is 0. The predicted octanol–water partition coefficient (Wildman–Crippen LogP) is 4.88. The van der Waals surface area contributed by atoms with E-state index in [0.29, 0.717) is 10.0 Å². The molecule has 2 rings (SSSR count). The molecule has 0 heterocycles. The van der Waals surface area contributed by atoms with E-state index in [1.807, 2.05) is 36.4 Å². The molecule has 0 aromatic heterocycles. The van der Waals surface area contributed by atoms with Crippen LogP contribution in [0.3, 0.4) is 0 Å². The summed E-state index contributed by atoms with van der Waals surface area (Å²) < 4.78 is 0. The maximum absolute atomic E-state index is 6.10. The quantitative estimate of drug-likeness (QED) is 0.721. The molecule has 0 fully saturated rings. The van der Waals surface area contributed by atoms with Gasteiger partial charge in [0.25, 0.3) is 0 Å². The third-order valence-electron chi connectivity index (χ3n) is 2.17. The molecule has 0 bridgehead atoms. The average Bonchev–Trinajstić information content (AvgIpc) is 2.24. The minimum Gasteiger partial charge on any atom is -0.399 e. The molecule has 3 heteroatoms. The number of hydrogen-bond acceptors (Lipinski definition) is 1. The molecule has 0 atom stereocenters. The molecule has 84 valence electrons. The molecule has 0 saturated carbocycles. The highest BCUT2D eigenvalue weighted by atomic mass is 35.5. The SMILES string of the molecule is C.Nc1ccc(-c2cccc(Cl)c2Cl)cc1. The number of hydrogen-bond donors (Lipinski definition) is 1. The lowest BCUT2D eigenvalue weighted by Gasteiger charge is -2.05. The van der Waals surface area contributed by atoms with Gasteiger partial charge in [0.2, 0.25) is 0 Å². The zero-order chi connectivity index (χ0) is 10.8. The van der Waals surface area contributed by atoms with Crippen LogP contribution in [0.25, 0.3) is 11.1 Å². The van der Waals surface area contributed by atoms with Crippen molar-refractivity contribution in [3.05, 3.63) is 52.5 Å². The Morgan fingerprint density at radius 3 is 2.12 bits per heavy atom. The number of benzene rings is 2. The first kappa shape index (κ1) is 12.9. The second kappa shape index (κ2) is 5.24. The van der Waals surface area contributed by atoms with Crippen molar-refractivity contribution in [1.29, 1.82) is 0 Å². The topological polar surface area (TPSA) is 26.0 Å². The molecule has 0 amide bonds. The van der Waals surface area contributed by atoms with Crippen molar-refractivity contribution in [3.8, 4) is 11.1 Å². The van der Waals surface area contributed by atoms with Crippen molar-refractivity contribution in [3.63, 3.8) is 0 Å². The fourth-order valence-corrected chi connectivity index (χ4v) is 1.80. The first-order chi connectivity index (χ1) is 7.18. The van der Waals surface area contributed by atoms with Crippen molar-refractivity contribution in [2.75, 3.05) is 5.73 Å². The van der Waals surface area contributed by atoms with Gasteiger partial charge in [-0.05, 0) is 23.8 Å². The summed E-state index contributed by atoms with van der Waals surface area (Å²) >= 11 is 12.0. The van der Waals surface area contributed by atoms with Gasteiger partial charge < -0.3 is 5.73 Å². The van der Waals surface area contributed by atoms with Gasteiger partial charge >= 0.3 is 0 Å². The normalized spacial score (nSPS) is 9.62. The van der Waals surface area contributed by atoms with Crippen LogP contribution in [-0.2, 0) is 0 Å². The van der Waals surface area contributed by atoms with Gasteiger partial charge in [-0.3, -0.25) is 0 Å². The lowest BCUT2D eigenvalue weighted by Crippen LogP contribution is -1.84. The van der Waals surface area contributed by atoms with E-state index in [2.05, 4.69) is 0 Å². The van der Waals surface area contributed by atoms with Gasteiger partial charge in [-0.25, -0.2) is 0 Å². The summed E-state index contributed by atoms with van der Waals surface area (Å²) in [5.41, 5.74) is 8.28. The van der Waals surface area contributed by atoms with Crippen LogP contribution in [0.5, 0.6) is 0 Å². The average molecular weight is 254 g/mol. The van der Waals surface area contributed by atoms with E-state index < -0.39 is 0 Å². The number of rotatable bonds is 1. The van der Waals surface area contributed by atoms with Crippen LogP contribution >= 0.6 is 23.2 Å². The van der Waals surface area contributed by atoms with Gasteiger partial charge in [0.05, 0.1) is 10.0 Å². The van der Waals surface area contributed by atoms with E-state index in [4.69, 9.17) is 28.9 Å². The largest absolute Gasteiger partial charge is 0.399 e. The standard InChI is InChI=1S/C12H9Cl2N.CH4/c13-11-3-1-2-10(12(11)14)8-4-6-9(15)7-5-8;/h1-7H,15H2;1H4. The van der Waals surface area contributed by atoms with Gasteiger partial charge in [-0.15, -0.1) is 0 Å². The van der Waals surface area contributed by atoms with E-state index in [0.717, 1.165) is 16.8 Å².